The first-order chi connectivity index (χ1) is 9.44. The summed E-state index contributed by atoms with van der Waals surface area (Å²) in [7, 11) is 4.18. The molecule has 0 bridgehead atoms. The average molecular weight is 284 g/mol. The minimum atomic E-state index is -0.943. The molecule has 2 unspecified atom stereocenters. The van der Waals surface area contributed by atoms with E-state index < -0.39 is 12.2 Å². The lowest BCUT2D eigenvalue weighted by Crippen LogP contribution is -2.11. The van der Waals surface area contributed by atoms with Gasteiger partial charge in [-0.1, -0.05) is 0 Å². The van der Waals surface area contributed by atoms with Crippen molar-refractivity contribution in [3.05, 3.63) is 16.7 Å². The number of aldehydes is 1. The summed E-state index contributed by atoms with van der Waals surface area (Å²) in [6, 6.07) is 0. The SMILES string of the molecule is COc1c(C=O)c(OC)c(C(C)O)c(OC)c1C(C)O. The van der Waals surface area contributed by atoms with Gasteiger partial charge in [-0.05, 0) is 13.8 Å². The number of carbonyl (C=O) groups is 1. The predicted octanol–water partition coefficient (Wildman–Crippen LogP) is 1.63. The number of benzene rings is 1. The zero-order valence-corrected chi connectivity index (χ0v) is 12.3. The fraction of sp³-hybridized carbons (Fsp3) is 0.500. The highest BCUT2D eigenvalue weighted by atomic mass is 16.5. The van der Waals surface area contributed by atoms with Crippen molar-refractivity contribution in [1.82, 2.24) is 0 Å². The van der Waals surface area contributed by atoms with E-state index in [1.165, 1.54) is 35.2 Å². The van der Waals surface area contributed by atoms with Crippen molar-refractivity contribution in [3.63, 3.8) is 0 Å². The van der Waals surface area contributed by atoms with Crippen LogP contribution in [0.3, 0.4) is 0 Å². The molecule has 0 spiro atoms. The maximum Gasteiger partial charge on any atom is 0.157 e. The Labute approximate surface area is 117 Å². The monoisotopic (exact) mass is 284 g/mol. The summed E-state index contributed by atoms with van der Waals surface area (Å²) < 4.78 is 15.7. The van der Waals surface area contributed by atoms with Crippen LogP contribution < -0.4 is 14.2 Å². The number of hydrogen-bond acceptors (Lipinski definition) is 6. The molecule has 0 radical (unpaired) electrons. The van der Waals surface area contributed by atoms with Crippen molar-refractivity contribution >= 4 is 6.29 Å². The Balaban J connectivity index is 3.93. The van der Waals surface area contributed by atoms with Crippen LogP contribution in [-0.2, 0) is 0 Å². The predicted molar refractivity (Wildman–Crippen MR) is 72.8 cm³/mol. The molecule has 2 atom stereocenters. The molecule has 6 nitrogen and oxygen atoms in total. The number of carbonyl (C=O) groups excluding carboxylic acids is 1. The Morgan fingerprint density at radius 2 is 1.20 bits per heavy atom. The molecule has 20 heavy (non-hydrogen) atoms. The number of rotatable bonds is 6. The van der Waals surface area contributed by atoms with E-state index in [-0.39, 0.29) is 22.8 Å². The molecule has 0 saturated carbocycles. The van der Waals surface area contributed by atoms with Crippen LogP contribution in [0.15, 0.2) is 0 Å². The van der Waals surface area contributed by atoms with Gasteiger partial charge in [-0.15, -0.1) is 0 Å². The molecule has 1 aromatic carbocycles. The summed E-state index contributed by atoms with van der Waals surface area (Å²) in [6.07, 6.45) is -1.32. The summed E-state index contributed by atoms with van der Waals surface area (Å²) in [5.74, 6) is 0.593. The summed E-state index contributed by atoms with van der Waals surface area (Å²) in [5.41, 5.74) is 0.727. The third kappa shape index (κ3) is 2.57. The zero-order valence-electron chi connectivity index (χ0n) is 12.3. The lowest BCUT2D eigenvalue weighted by molar-refractivity contribution is 0.111. The minimum Gasteiger partial charge on any atom is -0.496 e. The van der Waals surface area contributed by atoms with Crippen LogP contribution in [0, 0.1) is 0 Å². The Bertz CT molecular complexity index is 456. The van der Waals surface area contributed by atoms with Crippen molar-refractivity contribution in [3.8, 4) is 17.2 Å². The van der Waals surface area contributed by atoms with Crippen molar-refractivity contribution in [2.75, 3.05) is 21.3 Å². The zero-order chi connectivity index (χ0) is 15.4. The molecule has 1 aromatic rings. The number of hydrogen-bond donors (Lipinski definition) is 2. The van der Waals surface area contributed by atoms with Gasteiger partial charge in [0.25, 0.3) is 0 Å². The van der Waals surface area contributed by atoms with E-state index in [4.69, 9.17) is 14.2 Å². The highest BCUT2D eigenvalue weighted by Gasteiger charge is 2.30. The van der Waals surface area contributed by atoms with Crippen LogP contribution in [0.2, 0.25) is 0 Å². The molecule has 0 aliphatic carbocycles. The number of aliphatic hydroxyl groups is 2. The van der Waals surface area contributed by atoms with E-state index in [0.717, 1.165) is 0 Å². The molecule has 0 amide bonds. The Hall–Kier alpha value is -1.79. The molecule has 112 valence electrons. The Morgan fingerprint density at radius 1 is 0.850 bits per heavy atom. The summed E-state index contributed by atoms with van der Waals surface area (Å²) in [4.78, 5) is 11.4. The molecule has 2 N–H and O–H groups in total. The smallest absolute Gasteiger partial charge is 0.157 e. The fourth-order valence-electron chi connectivity index (χ4n) is 2.27. The summed E-state index contributed by atoms with van der Waals surface area (Å²) in [6.45, 7) is 3.04. The Kier molecular flexibility index (Phi) is 5.35. The first kappa shape index (κ1) is 16.3. The van der Waals surface area contributed by atoms with E-state index in [1.807, 2.05) is 0 Å². The maximum absolute atomic E-state index is 11.4. The Morgan fingerprint density at radius 3 is 1.40 bits per heavy atom. The standard InChI is InChI=1S/C14H20O6/c1-7(16)10-12(18-3)9(6-15)13(19-4)11(8(2)17)14(10)20-5/h6-8,16-17H,1-5H3. The van der Waals surface area contributed by atoms with Crippen LogP contribution in [0.4, 0.5) is 0 Å². The second-order valence-electron chi connectivity index (χ2n) is 4.31. The normalized spacial score (nSPS) is 13.6. The van der Waals surface area contributed by atoms with Gasteiger partial charge in [0.1, 0.15) is 17.2 Å². The van der Waals surface area contributed by atoms with E-state index >= 15 is 0 Å². The summed E-state index contributed by atoms with van der Waals surface area (Å²) in [5, 5.41) is 19.9. The molecule has 0 aliphatic rings. The first-order valence-corrected chi connectivity index (χ1v) is 6.11. The summed E-state index contributed by atoms with van der Waals surface area (Å²) >= 11 is 0. The van der Waals surface area contributed by atoms with Crippen LogP contribution in [0.1, 0.15) is 47.5 Å². The van der Waals surface area contributed by atoms with Gasteiger partial charge in [0.05, 0.1) is 50.2 Å². The van der Waals surface area contributed by atoms with Gasteiger partial charge in [0, 0.05) is 0 Å². The third-order valence-electron chi connectivity index (χ3n) is 3.03. The molecule has 0 saturated heterocycles. The van der Waals surface area contributed by atoms with Gasteiger partial charge in [-0.25, -0.2) is 0 Å². The van der Waals surface area contributed by atoms with Crippen LogP contribution in [0.25, 0.3) is 0 Å². The van der Waals surface area contributed by atoms with Gasteiger partial charge >= 0.3 is 0 Å². The molecule has 0 heterocycles. The fourth-order valence-corrected chi connectivity index (χ4v) is 2.27. The van der Waals surface area contributed by atoms with E-state index in [0.29, 0.717) is 17.4 Å². The first-order valence-electron chi connectivity index (χ1n) is 6.11. The van der Waals surface area contributed by atoms with Gasteiger partial charge in [0.2, 0.25) is 0 Å². The van der Waals surface area contributed by atoms with Crippen molar-refractivity contribution in [1.29, 1.82) is 0 Å². The topological polar surface area (TPSA) is 85.2 Å². The van der Waals surface area contributed by atoms with Crippen molar-refractivity contribution in [2.24, 2.45) is 0 Å². The highest BCUT2D eigenvalue weighted by molar-refractivity contribution is 5.87. The number of ether oxygens (including phenoxy) is 3. The number of aliphatic hydroxyl groups excluding tert-OH is 2. The third-order valence-corrected chi connectivity index (χ3v) is 3.03. The lowest BCUT2D eigenvalue weighted by atomic mass is 9.95. The average Bonchev–Trinajstić information content (AvgIpc) is 2.42. The molecule has 0 aromatic heterocycles. The van der Waals surface area contributed by atoms with E-state index in [9.17, 15) is 15.0 Å². The largest absolute Gasteiger partial charge is 0.496 e. The van der Waals surface area contributed by atoms with Crippen molar-refractivity contribution in [2.45, 2.75) is 26.1 Å². The lowest BCUT2D eigenvalue weighted by Gasteiger charge is -2.24. The van der Waals surface area contributed by atoms with E-state index in [2.05, 4.69) is 0 Å². The molecule has 0 fully saturated rings. The van der Waals surface area contributed by atoms with Crippen LogP contribution in [0.5, 0.6) is 17.2 Å². The molecular weight excluding hydrogens is 264 g/mol. The quantitative estimate of drug-likeness (QED) is 0.772. The maximum atomic E-state index is 11.4. The molecule has 1 rings (SSSR count). The van der Waals surface area contributed by atoms with Gasteiger partial charge in [-0.3, -0.25) is 4.79 Å². The van der Waals surface area contributed by atoms with Gasteiger partial charge in [-0.2, -0.15) is 0 Å². The van der Waals surface area contributed by atoms with Crippen molar-refractivity contribution < 1.29 is 29.2 Å². The highest BCUT2D eigenvalue weighted by Crippen LogP contribution is 2.47. The molecule has 6 heteroatoms. The van der Waals surface area contributed by atoms with Gasteiger partial charge in [0.15, 0.2) is 6.29 Å². The second-order valence-corrected chi connectivity index (χ2v) is 4.31. The van der Waals surface area contributed by atoms with Gasteiger partial charge < -0.3 is 24.4 Å². The second kappa shape index (κ2) is 6.58. The number of methoxy groups -OCH3 is 3. The van der Waals surface area contributed by atoms with Crippen LogP contribution >= 0.6 is 0 Å². The van der Waals surface area contributed by atoms with Crippen LogP contribution in [-0.4, -0.2) is 37.8 Å². The minimum absolute atomic E-state index is 0.127. The van der Waals surface area contributed by atoms with E-state index in [1.54, 1.807) is 0 Å². The molecular formula is C14H20O6. The molecule has 0 aliphatic heterocycles.